The van der Waals surface area contributed by atoms with Crippen LogP contribution in [0.25, 0.3) is 11.1 Å². The van der Waals surface area contributed by atoms with Crippen molar-refractivity contribution in [3.05, 3.63) is 106 Å². The van der Waals surface area contributed by atoms with Crippen LogP contribution in [-0.2, 0) is 36.8 Å². The van der Waals surface area contributed by atoms with Gasteiger partial charge in [0.15, 0.2) is 0 Å². The van der Waals surface area contributed by atoms with Crippen molar-refractivity contribution in [3.63, 3.8) is 0 Å². The second-order valence-corrected chi connectivity index (χ2v) is 10.1. The summed E-state index contributed by atoms with van der Waals surface area (Å²) in [7, 11) is 1.34. The van der Waals surface area contributed by atoms with Crippen LogP contribution in [0.3, 0.4) is 0 Å². The van der Waals surface area contributed by atoms with Gasteiger partial charge < -0.3 is 10.6 Å². The van der Waals surface area contributed by atoms with E-state index < -0.39 is 53.7 Å². The number of nitrogens with zero attached hydrogens (tertiary/aromatic N) is 3. The van der Waals surface area contributed by atoms with E-state index in [1.807, 2.05) is 0 Å². The first-order chi connectivity index (χ1) is 20.4. The molecule has 1 atom stereocenters. The van der Waals surface area contributed by atoms with Gasteiger partial charge in [0, 0.05) is 30.4 Å². The molecule has 2 N–H and O–H groups in total. The largest absolute Gasteiger partial charge is 0.433 e. The van der Waals surface area contributed by atoms with Crippen LogP contribution in [0.5, 0.6) is 0 Å². The van der Waals surface area contributed by atoms with Crippen LogP contribution in [0.4, 0.5) is 26.3 Å². The summed E-state index contributed by atoms with van der Waals surface area (Å²) in [5.74, 6) is -4.04. The van der Waals surface area contributed by atoms with E-state index in [1.54, 1.807) is 12.1 Å². The van der Waals surface area contributed by atoms with E-state index in [0.29, 0.717) is 40.4 Å². The Morgan fingerprint density at radius 3 is 2.47 bits per heavy atom. The summed E-state index contributed by atoms with van der Waals surface area (Å²) in [5.41, 5.74) is 0.135. The molecule has 2 amide bonds. The molecule has 2 aromatic carbocycles. The van der Waals surface area contributed by atoms with Gasteiger partial charge in [0.2, 0.25) is 5.91 Å². The van der Waals surface area contributed by atoms with Crippen LogP contribution >= 0.6 is 0 Å². The third-order valence-corrected chi connectivity index (χ3v) is 7.15. The number of hydrogen-bond donors (Lipinski definition) is 2. The lowest BCUT2D eigenvalue weighted by Gasteiger charge is -2.22. The van der Waals surface area contributed by atoms with E-state index in [1.165, 1.54) is 25.4 Å². The summed E-state index contributed by atoms with van der Waals surface area (Å²) in [6.07, 6.45) is -2.43. The highest BCUT2D eigenvalue weighted by Crippen LogP contribution is 2.37. The van der Waals surface area contributed by atoms with E-state index in [0.717, 1.165) is 18.2 Å². The number of halogens is 6. The molecule has 0 bridgehead atoms. The standard InChI is InChI=1S/C30H25F6N5O2/c1-37-29(43)22-13-17(7-8-23(22)33)20-5-3-9-38-27(20)25(12-16-10-18(31)14-19(32)11-16)39-26(42)15-41-28(30(34,35)36)21-4-2-6-24(21)40-41/h3,5,7-11,13-14,25H,2,4,6,12,15H2,1H3,(H,37,43)(H,39,42)/t25-/m0/s1. The van der Waals surface area contributed by atoms with Crippen molar-refractivity contribution in [2.24, 2.45) is 0 Å². The first-order valence-corrected chi connectivity index (χ1v) is 13.3. The number of carbonyl (C=O) groups is 2. The number of carbonyl (C=O) groups excluding carboxylic acids is 2. The topological polar surface area (TPSA) is 88.9 Å². The number of pyridine rings is 1. The lowest BCUT2D eigenvalue weighted by atomic mass is 9.94. The van der Waals surface area contributed by atoms with Crippen LogP contribution in [-0.4, -0.2) is 33.6 Å². The third kappa shape index (κ3) is 6.40. The van der Waals surface area contributed by atoms with E-state index in [9.17, 15) is 35.9 Å². The Kier molecular flexibility index (Phi) is 8.25. The van der Waals surface area contributed by atoms with Crippen molar-refractivity contribution >= 4 is 11.8 Å². The van der Waals surface area contributed by atoms with Gasteiger partial charge in [-0.05, 0) is 67.1 Å². The minimum atomic E-state index is -4.73. The molecule has 4 aromatic rings. The third-order valence-electron chi connectivity index (χ3n) is 7.15. The van der Waals surface area contributed by atoms with Crippen LogP contribution in [0.15, 0.2) is 54.7 Å². The molecule has 0 unspecified atom stereocenters. The molecule has 1 aliphatic carbocycles. The Morgan fingerprint density at radius 1 is 1.02 bits per heavy atom. The summed E-state index contributed by atoms with van der Waals surface area (Å²) in [6, 6.07) is 8.62. The summed E-state index contributed by atoms with van der Waals surface area (Å²) >= 11 is 0. The molecule has 224 valence electrons. The second kappa shape index (κ2) is 11.9. The minimum absolute atomic E-state index is 0.0716. The highest BCUT2D eigenvalue weighted by Gasteiger charge is 2.41. The minimum Gasteiger partial charge on any atom is -0.355 e. The van der Waals surface area contributed by atoms with Crippen LogP contribution < -0.4 is 10.6 Å². The number of hydrogen-bond acceptors (Lipinski definition) is 4. The van der Waals surface area contributed by atoms with Crippen molar-refractivity contribution < 1.29 is 35.9 Å². The molecule has 0 spiro atoms. The van der Waals surface area contributed by atoms with Crippen molar-refractivity contribution in [3.8, 4) is 11.1 Å². The fraction of sp³-hybridized carbons (Fsp3) is 0.267. The van der Waals surface area contributed by atoms with Gasteiger partial charge >= 0.3 is 6.18 Å². The number of amides is 2. The maximum absolute atomic E-state index is 14.4. The van der Waals surface area contributed by atoms with Gasteiger partial charge in [-0.25, -0.2) is 13.2 Å². The Morgan fingerprint density at radius 2 is 1.77 bits per heavy atom. The first-order valence-electron chi connectivity index (χ1n) is 13.3. The number of aromatic nitrogens is 3. The highest BCUT2D eigenvalue weighted by molar-refractivity contribution is 5.95. The zero-order chi connectivity index (χ0) is 30.9. The number of nitrogens with one attached hydrogen (secondary N) is 2. The Balaban J connectivity index is 1.53. The fourth-order valence-corrected chi connectivity index (χ4v) is 5.37. The number of fused-ring (bicyclic) bond motifs is 1. The fourth-order valence-electron chi connectivity index (χ4n) is 5.37. The van der Waals surface area contributed by atoms with Gasteiger partial charge in [0.1, 0.15) is 29.7 Å². The van der Waals surface area contributed by atoms with Gasteiger partial charge in [-0.1, -0.05) is 12.1 Å². The highest BCUT2D eigenvalue weighted by atomic mass is 19.4. The molecule has 0 aliphatic heterocycles. The molecule has 0 fully saturated rings. The number of benzene rings is 2. The maximum atomic E-state index is 14.4. The first kappa shape index (κ1) is 29.8. The molecule has 0 radical (unpaired) electrons. The monoisotopic (exact) mass is 601 g/mol. The van der Waals surface area contributed by atoms with E-state index >= 15 is 0 Å². The molecular formula is C30H25F6N5O2. The molecule has 13 heteroatoms. The molecule has 1 aliphatic rings. The van der Waals surface area contributed by atoms with E-state index in [-0.39, 0.29) is 35.2 Å². The van der Waals surface area contributed by atoms with Gasteiger partial charge in [-0.15, -0.1) is 0 Å². The van der Waals surface area contributed by atoms with Crippen LogP contribution in [0.1, 0.15) is 51.0 Å². The summed E-state index contributed by atoms with van der Waals surface area (Å²) in [4.78, 5) is 29.9. The van der Waals surface area contributed by atoms with Crippen molar-refractivity contribution in [2.45, 2.75) is 44.4 Å². The maximum Gasteiger partial charge on any atom is 0.433 e. The van der Waals surface area contributed by atoms with Crippen molar-refractivity contribution in [1.82, 2.24) is 25.4 Å². The zero-order valence-electron chi connectivity index (χ0n) is 22.7. The smallest absolute Gasteiger partial charge is 0.355 e. The molecule has 2 heterocycles. The van der Waals surface area contributed by atoms with Crippen molar-refractivity contribution in [2.75, 3.05) is 7.05 Å². The average molecular weight is 602 g/mol. The molecule has 7 nitrogen and oxygen atoms in total. The zero-order valence-corrected chi connectivity index (χ0v) is 22.7. The predicted molar refractivity (Wildman–Crippen MR) is 143 cm³/mol. The molecular weight excluding hydrogens is 576 g/mol. The van der Waals surface area contributed by atoms with E-state index in [2.05, 4.69) is 20.7 Å². The lowest BCUT2D eigenvalue weighted by molar-refractivity contribution is -0.145. The van der Waals surface area contributed by atoms with Crippen molar-refractivity contribution in [1.29, 1.82) is 0 Å². The van der Waals surface area contributed by atoms with E-state index in [4.69, 9.17) is 0 Å². The van der Waals surface area contributed by atoms with Gasteiger partial charge in [0.05, 0.1) is 23.0 Å². The summed E-state index contributed by atoms with van der Waals surface area (Å²) < 4.78 is 85.0. The Labute approximate surface area is 241 Å². The Bertz CT molecular complexity index is 1680. The quantitative estimate of drug-likeness (QED) is 0.268. The molecule has 0 saturated carbocycles. The SMILES string of the molecule is CNC(=O)c1cc(-c2cccnc2[C@H](Cc2cc(F)cc(F)c2)NC(=O)Cn2nc3c(c2C(F)(F)F)CCC3)ccc1F. The van der Waals surface area contributed by atoms with Crippen LogP contribution in [0, 0.1) is 17.5 Å². The number of rotatable bonds is 8. The van der Waals surface area contributed by atoms with Gasteiger partial charge in [-0.2, -0.15) is 18.3 Å². The second-order valence-electron chi connectivity index (χ2n) is 10.1. The van der Waals surface area contributed by atoms with Gasteiger partial charge in [0.25, 0.3) is 5.91 Å². The normalized spacial score (nSPS) is 13.5. The summed E-state index contributed by atoms with van der Waals surface area (Å²) in [5, 5.41) is 9.04. The molecule has 43 heavy (non-hydrogen) atoms. The predicted octanol–water partition coefficient (Wildman–Crippen LogP) is 5.33. The van der Waals surface area contributed by atoms with Gasteiger partial charge in [-0.3, -0.25) is 19.3 Å². The lowest BCUT2D eigenvalue weighted by Crippen LogP contribution is -2.35. The Hall–Kier alpha value is -4.68. The molecule has 5 rings (SSSR count). The average Bonchev–Trinajstić information content (AvgIpc) is 3.52. The number of aryl methyl sites for hydroxylation is 1. The summed E-state index contributed by atoms with van der Waals surface area (Å²) in [6.45, 7) is -0.768. The molecule has 0 saturated heterocycles. The molecule has 2 aromatic heterocycles. The van der Waals surface area contributed by atoms with Crippen LogP contribution in [0.2, 0.25) is 0 Å². The number of alkyl halides is 3.